The molecule has 1 N–H and O–H groups in total. The van der Waals surface area contributed by atoms with Crippen LogP contribution in [0.3, 0.4) is 0 Å². The summed E-state index contributed by atoms with van der Waals surface area (Å²) in [6.45, 7) is 2.54. The molecule has 1 aromatic carbocycles. The Morgan fingerprint density at radius 3 is 2.88 bits per heavy atom. The normalized spacial score (nSPS) is 11.0. The van der Waals surface area contributed by atoms with Crippen molar-refractivity contribution >= 4 is 28.4 Å². The zero-order chi connectivity index (χ0) is 17.3. The van der Waals surface area contributed by atoms with Gasteiger partial charge < -0.3 is 9.88 Å². The molecule has 0 saturated heterocycles. The van der Waals surface area contributed by atoms with E-state index in [1.807, 2.05) is 6.92 Å². The van der Waals surface area contributed by atoms with E-state index >= 15 is 0 Å². The highest BCUT2D eigenvalue weighted by Crippen LogP contribution is 2.15. The third kappa shape index (κ3) is 3.16. The van der Waals surface area contributed by atoms with Gasteiger partial charge in [-0.2, -0.15) is 5.10 Å². The fourth-order valence-electron chi connectivity index (χ4n) is 2.46. The van der Waals surface area contributed by atoms with Crippen LogP contribution in [0, 0.1) is 0 Å². The van der Waals surface area contributed by atoms with Gasteiger partial charge in [0.2, 0.25) is 0 Å². The fourth-order valence-corrected chi connectivity index (χ4v) is 2.62. The summed E-state index contributed by atoms with van der Waals surface area (Å²) in [4.78, 5) is 33.4. The standard InChI is InChI=1S/C16H16ClN5O2/c1-3-22(16(24)10-7-18-21(2)8-10)9-14-19-13-6-11(17)4-5-12(13)15(23)20-14/h4-8H,3,9H2,1-2H3,(H,19,20,23). The second-order valence-corrected chi connectivity index (χ2v) is 5.83. The van der Waals surface area contributed by atoms with Crippen molar-refractivity contribution in [3.8, 4) is 0 Å². The lowest BCUT2D eigenvalue weighted by atomic mass is 10.2. The topological polar surface area (TPSA) is 83.9 Å². The Morgan fingerprint density at radius 2 is 2.21 bits per heavy atom. The van der Waals surface area contributed by atoms with Crippen molar-refractivity contribution in [1.82, 2.24) is 24.6 Å². The molecule has 3 aromatic rings. The summed E-state index contributed by atoms with van der Waals surface area (Å²) in [5.41, 5.74) is 0.744. The van der Waals surface area contributed by atoms with Gasteiger partial charge in [0.15, 0.2) is 0 Å². The number of rotatable bonds is 4. The Balaban J connectivity index is 1.92. The largest absolute Gasteiger partial charge is 0.331 e. The summed E-state index contributed by atoms with van der Waals surface area (Å²) < 4.78 is 1.57. The molecule has 2 heterocycles. The molecule has 0 saturated carbocycles. The third-order valence-electron chi connectivity index (χ3n) is 3.68. The van der Waals surface area contributed by atoms with Gasteiger partial charge in [0, 0.05) is 24.8 Å². The van der Waals surface area contributed by atoms with Crippen molar-refractivity contribution in [2.24, 2.45) is 7.05 Å². The minimum atomic E-state index is -0.253. The first kappa shape index (κ1) is 16.2. The number of benzene rings is 1. The van der Waals surface area contributed by atoms with Crippen molar-refractivity contribution in [1.29, 1.82) is 0 Å². The minimum Gasteiger partial charge on any atom is -0.331 e. The van der Waals surface area contributed by atoms with Crippen molar-refractivity contribution in [2.45, 2.75) is 13.5 Å². The molecule has 2 aromatic heterocycles. The number of carbonyl (C=O) groups excluding carboxylic acids is 1. The molecule has 0 aliphatic carbocycles. The van der Waals surface area contributed by atoms with Crippen LogP contribution in [0.4, 0.5) is 0 Å². The number of hydrogen-bond donors (Lipinski definition) is 1. The first-order valence-corrected chi connectivity index (χ1v) is 7.82. The number of amides is 1. The summed E-state index contributed by atoms with van der Waals surface area (Å²) in [7, 11) is 1.75. The molecule has 1 amide bonds. The van der Waals surface area contributed by atoms with Crippen LogP contribution in [0.25, 0.3) is 10.9 Å². The van der Waals surface area contributed by atoms with Crippen LogP contribution in [-0.2, 0) is 13.6 Å². The molecule has 24 heavy (non-hydrogen) atoms. The molecular weight excluding hydrogens is 330 g/mol. The van der Waals surface area contributed by atoms with Crippen LogP contribution in [0.15, 0.2) is 35.4 Å². The number of aryl methyl sites for hydroxylation is 1. The number of hydrogen-bond acceptors (Lipinski definition) is 4. The van der Waals surface area contributed by atoms with Crippen LogP contribution in [0.2, 0.25) is 5.02 Å². The van der Waals surface area contributed by atoms with Crippen molar-refractivity contribution in [3.63, 3.8) is 0 Å². The van der Waals surface area contributed by atoms with Crippen molar-refractivity contribution in [3.05, 3.63) is 57.4 Å². The van der Waals surface area contributed by atoms with Crippen molar-refractivity contribution in [2.75, 3.05) is 6.54 Å². The van der Waals surface area contributed by atoms with E-state index in [0.717, 1.165) is 0 Å². The van der Waals surface area contributed by atoms with E-state index in [2.05, 4.69) is 15.1 Å². The molecule has 8 heteroatoms. The Morgan fingerprint density at radius 1 is 1.42 bits per heavy atom. The lowest BCUT2D eigenvalue weighted by Gasteiger charge is -2.19. The number of carbonyl (C=O) groups is 1. The van der Waals surface area contributed by atoms with Crippen LogP contribution in [0.5, 0.6) is 0 Å². The number of aromatic amines is 1. The summed E-state index contributed by atoms with van der Waals surface area (Å²) in [5, 5.41) is 4.97. The lowest BCUT2D eigenvalue weighted by Crippen LogP contribution is -2.31. The predicted molar refractivity (Wildman–Crippen MR) is 91.0 cm³/mol. The summed E-state index contributed by atoms with van der Waals surface area (Å²) in [6, 6.07) is 4.91. The number of aromatic nitrogens is 4. The maximum absolute atomic E-state index is 12.5. The van der Waals surface area contributed by atoms with Crippen molar-refractivity contribution < 1.29 is 4.79 Å². The molecule has 7 nitrogen and oxygen atoms in total. The zero-order valence-electron chi connectivity index (χ0n) is 13.3. The highest BCUT2D eigenvalue weighted by molar-refractivity contribution is 6.31. The molecule has 0 spiro atoms. The zero-order valence-corrected chi connectivity index (χ0v) is 14.0. The number of halogens is 1. The van der Waals surface area contributed by atoms with E-state index in [9.17, 15) is 9.59 Å². The summed E-state index contributed by atoms with van der Waals surface area (Å²) >= 11 is 5.96. The smallest absolute Gasteiger partial charge is 0.258 e. The number of H-pyrrole nitrogens is 1. The van der Waals surface area contributed by atoms with E-state index in [-0.39, 0.29) is 18.0 Å². The first-order chi connectivity index (χ1) is 11.5. The first-order valence-electron chi connectivity index (χ1n) is 7.44. The molecule has 3 rings (SSSR count). The maximum atomic E-state index is 12.5. The highest BCUT2D eigenvalue weighted by atomic mass is 35.5. The van der Waals surface area contributed by atoms with E-state index in [1.54, 1.807) is 41.0 Å². The number of nitrogens with one attached hydrogen (secondary N) is 1. The van der Waals surface area contributed by atoms with Crippen LogP contribution in [0.1, 0.15) is 23.1 Å². The fraction of sp³-hybridized carbons (Fsp3) is 0.250. The van der Waals surface area contributed by atoms with E-state index in [1.165, 1.54) is 6.20 Å². The summed E-state index contributed by atoms with van der Waals surface area (Å²) in [5.74, 6) is 0.244. The van der Waals surface area contributed by atoms with Crippen LogP contribution in [-0.4, -0.2) is 37.1 Å². The molecule has 0 aliphatic heterocycles. The van der Waals surface area contributed by atoms with Gasteiger partial charge in [-0.25, -0.2) is 4.98 Å². The lowest BCUT2D eigenvalue weighted by molar-refractivity contribution is 0.0748. The Hall–Kier alpha value is -2.67. The van der Waals surface area contributed by atoms with Gasteiger partial charge in [-0.15, -0.1) is 0 Å². The van der Waals surface area contributed by atoms with Crippen LogP contribution < -0.4 is 5.56 Å². The van der Waals surface area contributed by atoms with Gasteiger partial charge in [-0.1, -0.05) is 11.6 Å². The van der Waals surface area contributed by atoms with Gasteiger partial charge in [-0.05, 0) is 25.1 Å². The van der Waals surface area contributed by atoms with Gasteiger partial charge in [-0.3, -0.25) is 14.3 Å². The molecule has 0 fully saturated rings. The van der Waals surface area contributed by atoms with E-state index in [4.69, 9.17) is 11.6 Å². The monoisotopic (exact) mass is 345 g/mol. The molecular formula is C16H16ClN5O2. The molecule has 0 atom stereocenters. The average Bonchev–Trinajstić information content (AvgIpc) is 2.98. The molecule has 0 aliphatic rings. The Labute approximate surface area is 142 Å². The van der Waals surface area contributed by atoms with Gasteiger partial charge in [0.1, 0.15) is 5.82 Å². The highest BCUT2D eigenvalue weighted by Gasteiger charge is 2.17. The Kier molecular flexibility index (Phi) is 4.35. The van der Waals surface area contributed by atoms with Gasteiger partial charge >= 0.3 is 0 Å². The van der Waals surface area contributed by atoms with E-state index < -0.39 is 0 Å². The number of fused-ring (bicyclic) bond motifs is 1. The van der Waals surface area contributed by atoms with E-state index in [0.29, 0.717) is 33.9 Å². The molecule has 0 radical (unpaired) electrons. The number of nitrogens with zero attached hydrogens (tertiary/aromatic N) is 4. The van der Waals surface area contributed by atoms with Gasteiger partial charge in [0.25, 0.3) is 11.5 Å². The molecule has 0 bridgehead atoms. The molecule has 0 unspecified atom stereocenters. The second-order valence-electron chi connectivity index (χ2n) is 5.40. The predicted octanol–water partition coefficient (Wildman–Crippen LogP) is 1.97. The Bertz CT molecular complexity index is 963. The SMILES string of the molecule is CCN(Cc1nc2cc(Cl)ccc2c(=O)[nH]1)C(=O)c1cnn(C)c1. The third-order valence-corrected chi connectivity index (χ3v) is 3.91. The second kappa shape index (κ2) is 6.45. The summed E-state index contributed by atoms with van der Waals surface area (Å²) in [6.07, 6.45) is 3.17. The van der Waals surface area contributed by atoms with Gasteiger partial charge in [0.05, 0.1) is 29.2 Å². The minimum absolute atomic E-state index is 0.167. The van der Waals surface area contributed by atoms with Crippen LogP contribution >= 0.6 is 11.6 Å². The quantitative estimate of drug-likeness (QED) is 0.783. The molecule has 124 valence electrons. The maximum Gasteiger partial charge on any atom is 0.258 e. The average molecular weight is 346 g/mol.